The predicted octanol–water partition coefficient (Wildman–Crippen LogP) is 3.40. The number of rotatable bonds is 9. The van der Waals surface area contributed by atoms with Gasteiger partial charge in [-0.3, -0.25) is 9.89 Å². The van der Waals surface area contributed by atoms with Gasteiger partial charge in [-0.15, -0.1) is 0 Å². The molecule has 7 nitrogen and oxygen atoms in total. The molecule has 2 aromatic carbocycles. The second-order valence-electron chi connectivity index (χ2n) is 5.68. The SMILES string of the molecule is COCOc1ccc(OCc2ccc(F)cc2)cc1C(=O)C=Cc1nc[nH]n1. The predicted molar refractivity (Wildman–Crippen MR) is 99.4 cm³/mol. The van der Waals surface area contributed by atoms with Crippen molar-refractivity contribution in [1.29, 1.82) is 0 Å². The number of carbonyl (C=O) groups is 1. The van der Waals surface area contributed by atoms with E-state index in [1.165, 1.54) is 37.7 Å². The van der Waals surface area contributed by atoms with Crippen molar-refractivity contribution in [3.8, 4) is 11.5 Å². The van der Waals surface area contributed by atoms with Crippen molar-refractivity contribution in [1.82, 2.24) is 15.2 Å². The van der Waals surface area contributed by atoms with Crippen LogP contribution < -0.4 is 9.47 Å². The van der Waals surface area contributed by atoms with Gasteiger partial charge >= 0.3 is 0 Å². The van der Waals surface area contributed by atoms with Crippen LogP contribution in [0.4, 0.5) is 4.39 Å². The molecule has 0 bridgehead atoms. The summed E-state index contributed by atoms with van der Waals surface area (Å²) < 4.78 is 29.1. The van der Waals surface area contributed by atoms with Gasteiger partial charge in [-0.25, -0.2) is 9.37 Å². The highest BCUT2D eigenvalue weighted by atomic mass is 19.1. The largest absolute Gasteiger partial charge is 0.489 e. The number of benzene rings is 2. The van der Waals surface area contributed by atoms with Crippen LogP contribution in [0.15, 0.2) is 54.9 Å². The van der Waals surface area contributed by atoms with E-state index in [1.807, 2.05) is 0 Å². The Bertz CT molecular complexity index is 941. The zero-order valence-electron chi connectivity index (χ0n) is 15.1. The van der Waals surface area contributed by atoms with Gasteiger partial charge in [-0.2, -0.15) is 5.10 Å². The maximum atomic E-state index is 13.0. The number of allylic oxidation sites excluding steroid dienone is 1. The number of nitrogens with zero attached hydrogens (tertiary/aromatic N) is 2. The number of aromatic amines is 1. The van der Waals surface area contributed by atoms with Crippen molar-refractivity contribution < 1.29 is 23.4 Å². The minimum Gasteiger partial charge on any atom is -0.489 e. The van der Waals surface area contributed by atoms with E-state index in [0.717, 1.165) is 5.56 Å². The maximum Gasteiger partial charge on any atom is 0.189 e. The van der Waals surface area contributed by atoms with Crippen LogP contribution >= 0.6 is 0 Å². The minimum atomic E-state index is -0.311. The topological polar surface area (TPSA) is 86.3 Å². The molecule has 0 aliphatic carbocycles. The lowest BCUT2D eigenvalue weighted by Crippen LogP contribution is -2.05. The van der Waals surface area contributed by atoms with Crippen molar-refractivity contribution in [3.63, 3.8) is 0 Å². The van der Waals surface area contributed by atoms with Crippen LogP contribution in [-0.4, -0.2) is 34.9 Å². The molecule has 0 amide bonds. The third-order valence-electron chi connectivity index (χ3n) is 3.68. The molecule has 0 saturated carbocycles. The van der Waals surface area contributed by atoms with Gasteiger partial charge in [0.05, 0.1) is 5.56 Å². The zero-order chi connectivity index (χ0) is 19.8. The molecule has 0 radical (unpaired) electrons. The Morgan fingerprint density at radius 1 is 1.18 bits per heavy atom. The molecular weight excluding hydrogens is 365 g/mol. The maximum absolute atomic E-state index is 13.0. The third-order valence-corrected chi connectivity index (χ3v) is 3.68. The molecule has 0 aliphatic heterocycles. The van der Waals surface area contributed by atoms with E-state index in [2.05, 4.69) is 15.2 Å². The summed E-state index contributed by atoms with van der Waals surface area (Å²) in [6, 6.07) is 10.9. The molecule has 0 saturated heterocycles. The summed E-state index contributed by atoms with van der Waals surface area (Å²) in [6.45, 7) is 0.236. The normalized spacial score (nSPS) is 10.9. The lowest BCUT2D eigenvalue weighted by atomic mass is 10.1. The number of nitrogens with one attached hydrogen (secondary N) is 1. The standard InChI is InChI=1S/C20H18FN3O4/c1-26-13-28-19-8-6-16(27-11-14-2-4-15(21)5-3-14)10-17(19)18(25)7-9-20-22-12-23-24-20/h2-10,12H,11,13H2,1H3,(H,22,23,24). The zero-order valence-corrected chi connectivity index (χ0v) is 15.1. The minimum absolute atomic E-state index is 0.000694. The molecule has 0 atom stereocenters. The fourth-order valence-electron chi connectivity index (χ4n) is 2.33. The van der Waals surface area contributed by atoms with Crippen molar-refractivity contribution in [2.75, 3.05) is 13.9 Å². The molecule has 1 heterocycles. The number of carbonyl (C=O) groups excluding carboxylic acids is 1. The summed E-state index contributed by atoms with van der Waals surface area (Å²) in [4.78, 5) is 16.5. The first-order chi connectivity index (χ1) is 13.7. The van der Waals surface area contributed by atoms with Gasteiger partial charge in [-0.1, -0.05) is 12.1 Å². The smallest absolute Gasteiger partial charge is 0.189 e. The van der Waals surface area contributed by atoms with E-state index in [9.17, 15) is 9.18 Å². The van der Waals surface area contributed by atoms with E-state index in [0.29, 0.717) is 22.9 Å². The molecule has 1 aromatic heterocycles. The average Bonchev–Trinajstić information content (AvgIpc) is 3.24. The summed E-state index contributed by atoms with van der Waals surface area (Å²) in [5.41, 5.74) is 1.11. The van der Waals surface area contributed by atoms with Crippen molar-refractivity contribution >= 4 is 11.9 Å². The van der Waals surface area contributed by atoms with E-state index < -0.39 is 0 Å². The van der Waals surface area contributed by atoms with Crippen LogP contribution in [0, 0.1) is 5.82 Å². The van der Waals surface area contributed by atoms with Gasteiger partial charge in [0.25, 0.3) is 0 Å². The highest BCUT2D eigenvalue weighted by Gasteiger charge is 2.13. The van der Waals surface area contributed by atoms with E-state index in [4.69, 9.17) is 14.2 Å². The lowest BCUT2D eigenvalue weighted by Gasteiger charge is -2.12. The van der Waals surface area contributed by atoms with Gasteiger partial charge in [0, 0.05) is 7.11 Å². The number of methoxy groups -OCH3 is 1. The molecule has 3 rings (SSSR count). The van der Waals surface area contributed by atoms with E-state index in [1.54, 1.807) is 30.3 Å². The summed E-state index contributed by atoms with van der Waals surface area (Å²) in [5, 5.41) is 6.43. The summed E-state index contributed by atoms with van der Waals surface area (Å²) >= 11 is 0. The van der Waals surface area contributed by atoms with Gasteiger partial charge < -0.3 is 14.2 Å². The third kappa shape index (κ3) is 5.24. The lowest BCUT2D eigenvalue weighted by molar-refractivity contribution is 0.0503. The molecule has 0 aliphatic rings. The van der Waals surface area contributed by atoms with Crippen LogP contribution in [0.1, 0.15) is 21.7 Å². The number of hydrogen-bond acceptors (Lipinski definition) is 6. The summed E-state index contributed by atoms with van der Waals surface area (Å²) in [5.74, 6) is 0.610. The first-order valence-corrected chi connectivity index (χ1v) is 8.37. The first-order valence-electron chi connectivity index (χ1n) is 8.37. The van der Waals surface area contributed by atoms with E-state index in [-0.39, 0.29) is 25.0 Å². The molecule has 0 unspecified atom stereocenters. The quantitative estimate of drug-likeness (QED) is 0.346. The molecule has 1 N–H and O–H groups in total. The number of H-pyrrole nitrogens is 1. The molecule has 8 heteroatoms. The summed E-state index contributed by atoms with van der Waals surface area (Å²) in [6.07, 6.45) is 4.26. The van der Waals surface area contributed by atoms with Crippen LogP contribution in [0.2, 0.25) is 0 Å². The van der Waals surface area contributed by atoms with Crippen LogP contribution in [0.3, 0.4) is 0 Å². The van der Waals surface area contributed by atoms with Gasteiger partial charge in [0.15, 0.2) is 18.4 Å². The van der Waals surface area contributed by atoms with Crippen molar-refractivity contribution in [2.45, 2.75) is 6.61 Å². The van der Waals surface area contributed by atoms with Crippen LogP contribution in [0.25, 0.3) is 6.08 Å². The molecule has 144 valence electrons. The molecular formula is C20H18FN3O4. The monoisotopic (exact) mass is 383 g/mol. The Hall–Kier alpha value is -3.52. The summed E-state index contributed by atoms with van der Waals surface area (Å²) in [7, 11) is 1.49. The number of halogens is 1. The van der Waals surface area contributed by atoms with Gasteiger partial charge in [-0.05, 0) is 48.0 Å². The number of ketones is 1. The Labute approximate surface area is 160 Å². The second kappa shape index (κ2) is 9.43. The van der Waals surface area contributed by atoms with Gasteiger partial charge in [0.2, 0.25) is 0 Å². The second-order valence-corrected chi connectivity index (χ2v) is 5.68. The van der Waals surface area contributed by atoms with E-state index >= 15 is 0 Å². The van der Waals surface area contributed by atoms with Gasteiger partial charge in [0.1, 0.15) is 30.3 Å². The highest BCUT2D eigenvalue weighted by Crippen LogP contribution is 2.26. The average molecular weight is 383 g/mol. The highest BCUT2D eigenvalue weighted by molar-refractivity contribution is 6.08. The fraction of sp³-hybridized carbons (Fsp3) is 0.150. The molecule has 28 heavy (non-hydrogen) atoms. The van der Waals surface area contributed by atoms with Crippen molar-refractivity contribution in [2.24, 2.45) is 0 Å². The first kappa shape index (κ1) is 19.2. The number of ether oxygens (including phenoxy) is 3. The Morgan fingerprint density at radius 2 is 2.00 bits per heavy atom. The number of hydrogen-bond donors (Lipinski definition) is 1. The Balaban J connectivity index is 1.77. The molecule has 0 fully saturated rings. The van der Waals surface area contributed by atoms with Crippen LogP contribution in [0.5, 0.6) is 11.5 Å². The number of aromatic nitrogens is 3. The fourth-order valence-corrected chi connectivity index (χ4v) is 2.33. The Kier molecular flexibility index (Phi) is 6.48. The Morgan fingerprint density at radius 3 is 2.71 bits per heavy atom. The molecule has 3 aromatic rings. The molecule has 0 spiro atoms. The van der Waals surface area contributed by atoms with Crippen LogP contribution in [-0.2, 0) is 11.3 Å². The van der Waals surface area contributed by atoms with Crippen molar-refractivity contribution in [3.05, 3.63) is 77.6 Å².